The number of nitrogens with zero attached hydrogens (tertiary/aromatic N) is 4. The van der Waals surface area contributed by atoms with Gasteiger partial charge in [0.15, 0.2) is 5.65 Å². The van der Waals surface area contributed by atoms with Gasteiger partial charge in [0.05, 0.1) is 11.1 Å². The van der Waals surface area contributed by atoms with Gasteiger partial charge in [0.2, 0.25) is 0 Å². The van der Waals surface area contributed by atoms with Crippen LogP contribution in [0.5, 0.6) is 0 Å². The third-order valence-corrected chi connectivity index (χ3v) is 1.69. The van der Waals surface area contributed by atoms with E-state index in [0.717, 1.165) is 16.7 Å². The monoisotopic (exact) mass is 178 g/mol. The van der Waals surface area contributed by atoms with Crippen LogP contribution < -0.4 is 0 Å². The Morgan fingerprint density at radius 3 is 2.62 bits per heavy atom. The topological polar surface area (TPSA) is 43.6 Å². The van der Waals surface area contributed by atoms with Gasteiger partial charge in [-0.15, -0.1) is 0 Å². The minimum absolute atomic E-state index is 0.887. The van der Waals surface area contributed by atoms with E-state index in [0.29, 0.717) is 0 Å². The van der Waals surface area contributed by atoms with E-state index in [1.54, 1.807) is 10.9 Å². The molecule has 2 rings (SSSR count). The highest BCUT2D eigenvalue weighted by atomic mass is 15.3. The molecule has 0 aliphatic rings. The van der Waals surface area contributed by atoms with Crippen molar-refractivity contribution in [1.29, 1.82) is 0 Å². The first-order valence-electron chi connectivity index (χ1n) is 4.38. The summed E-state index contributed by atoms with van der Waals surface area (Å²) in [6, 6.07) is 0. The molecule has 0 unspecified atom stereocenters. The summed E-state index contributed by atoms with van der Waals surface area (Å²) in [5.41, 5.74) is 1.86. The molecule has 0 spiro atoms. The van der Waals surface area contributed by atoms with Crippen LogP contribution in [-0.4, -0.2) is 19.7 Å². The molecule has 0 aromatic carbocycles. The summed E-state index contributed by atoms with van der Waals surface area (Å²) < 4.78 is 1.76. The smallest absolute Gasteiger partial charge is 0.161 e. The molecule has 70 valence electrons. The summed E-state index contributed by atoms with van der Waals surface area (Å²) in [7, 11) is 1.88. The van der Waals surface area contributed by atoms with Crippen LogP contribution in [0.3, 0.4) is 0 Å². The molecule has 0 atom stereocenters. The summed E-state index contributed by atoms with van der Waals surface area (Å²) in [6.45, 7) is 5.95. The number of fused-ring (bicyclic) bond motifs is 1. The van der Waals surface area contributed by atoms with Crippen LogP contribution in [0, 0.1) is 6.92 Å². The van der Waals surface area contributed by atoms with Gasteiger partial charge in [0.25, 0.3) is 0 Å². The van der Waals surface area contributed by atoms with Crippen LogP contribution in [-0.2, 0) is 7.05 Å². The molecule has 2 heterocycles. The molecule has 0 saturated carbocycles. The van der Waals surface area contributed by atoms with Gasteiger partial charge in [-0.05, 0) is 6.92 Å². The molecular formula is C9H14N4. The van der Waals surface area contributed by atoms with Gasteiger partial charge in [-0.3, -0.25) is 4.68 Å². The molecule has 0 bridgehead atoms. The van der Waals surface area contributed by atoms with Gasteiger partial charge in [0, 0.05) is 13.2 Å². The quantitative estimate of drug-likeness (QED) is 0.616. The minimum Gasteiger partial charge on any atom is -0.250 e. The van der Waals surface area contributed by atoms with Crippen molar-refractivity contribution >= 4 is 11.0 Å². The lowest BCUT2D eigenvalue weighted by Gasteiger charge is -1.88. The maximum Gasteiger partial charge on any atom is 0.161 e. The Kier molecular flexibility index (Phi) is 2.95. The van der Waals surface area contributed by atoms with E-state index in [1.165, 1.54) is 6.33 Å². The molecule has 0 radical (unpaired) electrons. The number of hydrogen-bond acceptors (Lipinski definition) is 3. The van der Waals surface area contributed by atoms with Crippen molar-refractivity contribution in [3.8, 4) is 0 Å². The zero-order chi connectivity index (χ0) is 9.84. The predicted octanol–water partition coefficient (Wildman–Crippen LogP) is 1.70. The Bertz CT molecular complexity index is 355. The Hall–Kier alpha value is -1.45. The Balaban J connectivity index is 0.000000396. The second-order valence-electron chi connectivity index (χ2n) is 2.47. The van der Waals surface area contributed by atoms with E-state index < -0.39 is 0 Å². The standard InChI is InChI=1S/C7H8N4.C2H6/c1-5-6-3-8-4-9-7(6)11(2)10-5;1-2/h3-4H,1-2H3;1-2H3. The number of rotatable bonds is 0. The lowest BCUT2D eigenvalue weighted by molar-refractivity contribution is 0.773. The molecule has 0 N–H and O–H groups in total. The number of hydrogen-bond donors (Lipinski definition) is 0. The minimum atomic E-state index is 0.887. The summed E-state index contributed by atoms with van der Waals surface area (Å²) in [5, 5.41) is 5.23. The van der Waals surface area contributed by atoms with Crippen molar-refractivity contribution in [3.05, 3.63) is 18.2 Å². The fourth-order valence-corrected chi connectivity index (χ4v) is 1.16. The highest BCUT2D eigenvalue weighted by Gasteiger charge is 2.03. The molecule has 0 aliphatic carbocycles. The van der Waals surface area contributed by atoms with Gasteiger partial charge in [-0.2, -0.15) is 5.10 Å². The van der Waals surface area contributed by atoms with Crippen molar-refractivity contribution in [3.63, 3.8) is 0 Å². The molecule has 4 nitrogen and oxygen atoms in total. The fourth-order valence-electron chi connectivity index (χ4n) is 1.16. The van der Waals surface area contributed by atoms with E-state index in [4.69, 9.17) is 0 Å². The summed E-state index contributed by atoms with van der Waals surface area (Å²) >= 11 is 0. The van der Waals surface area contributed by atoms with Crippen LogP contribution >= 0.6 is 0 Å². The summed E-state index contributed by atoms with van der Waals surface area (Å²) in [5.74, 6) is 0. The summed E-state index contributed by atoms with van der Waals surface area (Å²) in [6.07, 6.45) is 3.31. The molecule has 0 amide bonds. The fraction of sp³-hybridized carbons (Fsp3) is 0.444. The zero-order valence-corrected chi connectivity index (χ0v) is 8.44. The molecule has 2 aromatic rings. The third-order valence-electron chi connectivity index (χ3n) is 1.69. The Labute approximate surface area is 77.6 Å². The van der Waals surface area contributed by atoms with Gasteiger partial charge in [0.1, 0.15) is 6.33 Å². The molecule has 13 heavy (non-hydrogen) atoms. The van der Waals surface area contributed by atoms with E-state index in [-0.39, 0.29) is 0 Å². The van der Waals surface area contributed by atoms with E-state index in [1.807, 2.05) is 27.8 Å². The van der Waals surface area contributed by atoms with Crippen LogP contribution in [0.2, 0.25) is 0 Å². The van der Waals surface area contributed by atoms with Gasteiger partial charge in [-0.25, -0.2) is 9.97 Å². The van der Waals surface area contributed by atoms with Crippen LogP contribution in [0.15, 0.2) is 12.5 Å². The summed E-state index contributed by atoms with van der Waals surface area (Å²) in [4.78, 5) is 8.01. The molecule has 4 heteroatoms. The largest absolute Gasteiger partial charge is 0.250 e. The average Bonchev–Trinajstić information content (AvgIpc) is 2.47. The molecule has 0 saturated heterocycles. The highest BCUT2D eigenvalue weighted by molar-refractivity contribution is 5.76. The molecule has 2 aromatic heterocycles. The molecule has 0 aliphatic heterocycles. The lowest BCUT2D eigenvalue weighted by atomic mass is 10.3. The van der Waals surface area contributed by atoms with Crippen molar-refractivity contribution in [2.75, 3.05) is 0 Å². The second-order valence-corrected chi connectivity index (χ2v) is 2.47. The van der Waals surface area contributed by atoms with E-state index in [9.17, 15) is 0 Å². The Morgan fingerprint density at radius 1 is 1.31 bits per heavy atom. The maximum atomic E-state index is 4.20. The van der Waals surface area contributed by atoms with Crippen molar-refractivity contribution in [1.82, 2.24) is 19.7 Å². The van der Waals surface area contributed by atoms with Crippen LogP contribution in [0.1, 0.15) is 19.5 Å². The molecular weight excluding hydrogens is 164 g/mol. The lowest BCUT2D eigenvalue weighted by Crippen LogP contribution is -1.91. The Morgan fingerprint density at radius 2 is 2.00 bits per heavy atom. The van der Waals surface area contributed by atoms with Crippen LogP contribution in [0.4, 0.5) is 0 Å². The third kappa shape index (κ3) is 1.66. The maximum absolute atomic E-state index is 4.20. The first kappa shape index (κ1) is 9.64. The second kappa shape index (κ2) is 3.98. The van der Waals surface area contributed by atoms with Gasteiger partial charge >= 0.3 is 0 Å². The average molecular weight is 178 g/mol. The number of aromatic nitrogens is 4. The van der Waals surface area contributed by atoms with Gasteiger partial charge in [-0.1, -0.05) is 13.8 Å². The van der Waals surface area contributed by atoms with Crippen LogP contribution in [0.25, 0.3) is 11.0 Å². The van der Waals surface area contributed by atoms with Gasteiger partial charge < -0.3 is 0 Å². The predicted molar refractivity (Wildman–Crippen MR) is 52.4 cm³/mol. The van der Waals surface area contributed by atoms with E-state index >= 15 is 0 Å². The molecule has 0 fully saturated rings. The van der Waals surface area contributed by atoms with Crippen molar-refractivity contribution in [2.24, 2.45) is 7.05 Å². The first-order valence-corrected chi connectivity index (χ1v) is 4.38. The van der Waals surface area contributed by atoms with E-state index in [2.05, 4.69) is 15.1 Å². The first-order chi connectivity index (χ1) is 6.29. The highest BCUT2D eigenvalue weighted by Crippen LogP contribution is 2.11. The normalized spacial score (nSPS) is 9.54. The van der Waals surface area contributed by atoms with Crippen molar-refractivity contribution < 1.29 is 0 Å². The zero-order valence-electron chi connectivity index (χ0n) is 8.44. The number of aryl methyl sites for hydroxylation is 2. The SMILES string of the molecule is CC.Cc1nn(C)c2ncncc12. The van der Waals surface area contributed by atoms with Crippen molar-refractivity contribution in [2.45, 2.75) is 20.8 Å².